The smallest absolute Gasteiger partial charge is 0.245 e. The maximum atomic E-state index is 13.2. The molecule has 0 spiro atoms. The highest BCUT2D eigenvalue weighted by molar-refractivity contribution is 7.15. The van der Waals surface area contributed by atoms with Crippen LogP contribution in [0.5, 0.6) is 0 Å². The van der Waals surface area contributed by atoms with Crippen LogP contribution < -0.4 is 11.1 Å². The number of carbonyl (C=O) groups excluding carboxylic acids is 1. The highest BCUT2D eigenvalue weighted by Gasteiger charge is 2.16. The molecule has 0 radical (unpaired) electrons. The first-order valence-electron chi connectivity index (χ1n) is 6.75. The molecule has 1 aromatic carbocycles. The first-order valence-corrected chi connectivity index (χ1v) is 7.57. The number of halogens is 1. The van der Waals surface area contributed by atoms with E-state index in [1.54, 1.807) is 6.07 Å². The molecule has 1 aromatic heterocycles. The van der Waals surface area contributed by atoms with Crippen LogP contribution in [0.15, 0.2) is 24.3 Å². The van der Waals surface area contributed by atoms with E-state index in [1.165, 1.54) is 30.6 Å². The Morgan fingerprint density at radius 2 is 2.32 bits per heavy atom. The third-order valence-electron chi connectivity index (χ3n) is 3.06. The summed E-state index contributed by atoms with van der Waals surface area (Å²) in [5.41, 5.74) is 7.33. The molecule has 0 aliphatic rings. The molecule has 7 heteroatoms. The maximum absolute atomic E-state index is 13.2. The molecule has 118 valence electrons. The second-order valence-corrected chi connectivity index (χ2v) is 5.97. The predicted molar refractivity (Wildman–Crippen MR) is 84.5 cm³/mol. The van der Waals surface area contributed by atoms with Gasteiger partial charge in [-0.3, -0.25) is 4.79 Å². The highest BCUT2D eigenvalue weighted by Crippen LogP contribution is 2.25. The number of hydrogen-bond acceptors (Lipinski definition) is 5. The molecule has 0 aliphatic heterocycles. The number of methoxy groups -OCH3 is 1. The Morgan fingerprint density at radius 3 is 3.00 bits per heavy atom. The van der Waals surface area contributed by atoms with Gasteiger partial charge in [0.2, 0.25) is 5.91 Å². The Kier molecular flexibility index (Phi) is 5.59. The average molecular weight is 323 g/mol. The van der Waals surface area contributed by atoms with Crippen molar-refractivity contribution >= 4 is 22.4 Å². The normalized spacial score (nSPS) is 12.2. The zero-order valence-corrected chi connectivity index (χ0v) is 13.2. The number of ether oxygens (including phenoxy) is 1. The largest absolute Gasteiger partial charge is 0.383 e. The molecule has 0 saturated carbocycles. The average Bonchev–Trinajstić information content (AvgIpc) is 2.79. The molecular formula is C15H18FN3O2S. The van der Waals surface area contributed by atoms with E-state index >= 15 is 0 Å². The number of rotatable bonds is 6. The van der Waals surface area contributed by atoms with Gasteiger partial charge in [0, 0.05) is 18.4 Å². The van der Waals surface area contributed by atoms with Gasteiger partial charge in [0.15, 0.2) is 5.13 Å². The van der Waals surface area contributed by atoms with Crippen molar-refractivity contribution in [2.45, 2.75) is 19.4 Å². The highest BCUT2D eigenvalue weighted by atomic mass is 32.1. The predicted octanol–water partition coefficient (Wildman–Crippen LogP) is 2.09. The first kappa shape index (κ1) is 16.5. The van der Waals surface area contributed by atoms with Crippen molar-refractivity contribution in [3.8, 4) is 0 Å². The number of amides is 1. The quantitative estimate of drug-likeness (QED) is 0.853. The number of thiazole rings is 1. The van der Waals surface area contributed by atoms with Crippen molar-refractivity contribution < 1.29 is 13.9 Å². The van der Waals surface area contributed by atoms with E-state index in [9.17, 15) is 9.18 Å². The van der Waals surface area contributed by atoms with Gasteiger partial charge in [0.05, 0.1) is 12.3 Å². The minimum absolute atomic E-state index is 0.145. The number of hydrogen-bond donors (Lipinski definition) is 2. The molecule has 1 amide bonds. The van der Waals surface area contributed by atoms with Crippen molar-refractivity contribution in [2.24, 2.45) is 5.73 Å². The van der Waals surface area contributed by atoms with Crippen molar-refractivity contribution in [1.82, 2.24) is 4.98 Å². The van der Waals surface area contributed by atoms with Crippen molar-refractivity contribution in [2.75, 3.05) is 19.0 Å². The third kappa shape index (κ3) is 4.33. The van der Waals surface area contributed by atoms with Crippen LogP contribution in [-0.2, 0) is 16.0 Å². The van der Waals surface area contributed by atoms with E-state index in [4.69, 9.17) is 10.5 Å². The summed E-state index contributed by atoms with van der Waals surface area (Å²) in [4.78, 5) is 17.1. The number of nitrogens with one attached hydrogen (secondary N) is 1. The Morgan fingerprint density at radius 1 is 1.55 bits per heavy atom. The lowest BCUT2D eigenvalue weighted by Crippen LogP contribution is -2.39. The van der Waals surface area contributed by atoms with Gasteiger partial charge in [0.25, 0.3) is 0 Å². The Balaban J connectivity index is 2.06. The van der Waals surface area contributed by atoms with Crippen LogP contribution in [0, 0.1) is 12.7 Å². The molecule has 22 heavy (non-hydrogen) atoms. The van der Waals surface area contributed by atoms with Crippen molar-refractivity contribution in [3.05, 3.63) is 46.2 Å². The standard InChI is InChI=1S/C15H18FN3O2S/c1-9-13(7-10-4-3-5-11(16)6-10)22-15(18-9)19-14(20)12(17)8-21-2/h3-6,12H,7-8,17H2,1-2H3,(H,18,19,20). The number of aromatic nitrogens is 1. The Hall–Kier alpha value is -1.83. The molecule has 0 bridgehead atoms. The number of anilines is 1. The van der Waals surface area contributed by atoms with Gasteiger partial charge >= 0.3 is 0 Å². The lowest BCUT2D eigenvalue weighted by atomic mass is 10.1. The van der Waals surface area contributed by atoms with E-state index in [-0.39, 0.29) is 18.3 Å². The minimum Gasteiger partial charge on any atom is -0.383 e. The lowest BCUT2D eigenvalue weighted by Gasteiger charge is -2.08. The van der Waals surface area contributed by atoms with Crippen LogP contribution >= 0.6 is 11.3 Å². The van der Waals surface area contributed by atoms with Crippen LogP contribution in [0.1, 0.15) is 16.1 Å². The SMILES string of the molecule is COCC(N)C(=O)Nc1nc(C)c(Cc2cccc(F)c2)s1. The second kappa shape index (κ2) is 7.44. The zero-order valence-electron chi connectivity index (χ0n) is 12.4. The summed E-state index contributed by atoms with van der Waals surface area (Å²) >= 11 is 1.36. The lowest BCUT2D eigenvalue weighted by molar-refractivity contribution is -0.118. The molecule has 0 fully saturated rings. The van der Waals surface area contributed by atoms with Crippen LogP contribution in [0.25, 0.3) is 0 Å². The summed E-state index contributed by atoms with van der Waals surface area (Å²) in [5.74, 6) is -0.605. The number of benzene rings is 1. The molecule has 3 N–H and O–H groups in total. The summed E-state index contributed by atoms with van der Waals surface area (Å²) in [6, 6.07) is 5.70. The van der Waals surface area contributed by atoms with Gasteiger partial charge < -0.3 is 15.8 Å². The van der Waals surface area contributed by atoms with Gasteiger partial charge in [-0.2, -0.15) is 0 Å². The van der Waals surface area contributed by atoms with Crippen molar-refractivity contribution in [3.63, 3.8) is 0 Å². The van der Waals surface area contributed by atoms with E-state index in [2.05, 4.69) is 10.3 Å². The number of aryl methyl sites for hydroxylation is 1. The van der Waals surface area contributed by atoms with Crippen LogP contribution in [0.2, 0.25) is 0 Å². The summed E-state index contributed by atoms with van der Waals surface area (Å²) < 4.78 is 18.1. The van der Waals surface area contributed by atoms with E-state index in [0.29, 0.717) is 11.6 Å². The maximum Gasteiger partial charge on any atom is 0.245 e. The molecule has 1 heterocycles. The second-order valence-electron chi connectivity index (χ2n) is 4.89. The summed E-state index contributed by atoms with van der Waals surface area (Å²) in [5, 5.41) is 3.16. The van der Waals surface area contributed by atoms with Crippen LogP contribution in [0.4, 0.5) is 9.52 Å². The van der Waals surface area contributed by atoms with E-state index in [1.807, 2.05) is 13.0 Å². The third-order valence-corrected chi connectivity index (χ3v) is 4.13. The number of nitrogens with zero attached hydrogens (tertiary/aromatic N) is 1. The minimum atomic E-state index is -0.735. The van der Waals surface area contributed by atoms with Crippen LogP contribution in [0.3, 0.4) is 0 Å². The fourth-order valence-electron chi connectivity index (χ4n) is 1.93. The monoisotopic (exact) mass is 323 g/mol. The topological polar surface area (TPSA) is 77.2 Å². The van der Waals surface area contributed by atoms with Gasteiger partial charge in [-0.15, -0.1) is 11.3 Å². The molecule has 2 aromatic rings. The number of carbonyl (C=O) groups is 1. The van der Waals surface area contributed by atoms with E-state index < -0.39 is 6.04 Å². The van der Waals surface area contributed by atoms with Crippen molar-refractivity contribution in [1.29, 1.82) is 0 Å². The van der Waals surface area contributed by atoms with E-state index in [0.717, 1.165) is 16.1 Å². The molecule has 2 rings (SSSR count). The molecule has 1 unspecified atom stereocenters. The fourth-order valence-corrected chi connectivity index (χ4v) is 2.93. The van der Waals surface area contributed by atoms with Gasteiger partial charge in [-0.25, -0.2) is 9.37 Å². The van der Waals surface area contributed by atoms with Gasteiger partial charge in [-0.1, -0.05) is 12.1 Å². The molecule has 5 nitrogen and oxygen atoms in total. The van der Waals surface area contributed by atoms with Gasteiger partial charge in [-0.05, 0) is 24.6 Å². The molecule has 0 saturated heterocycles. The van der Waals surface area contributed by atoms with Gasteiger partial charge in [0.1, 0.15) is 11.9 Å². The summed E-state index contributed by atoms with van der Waals surface area (Å²) in [6.07, 6.45) is 0.571. The summed E-state index contributed by atoms with van der Waals surface area (Å²) in [7, 11) is 1.48. The zero-order chi connectivity index (χ0) is 16.1. The fraction of sp³-hybridized carbons (Fsp3) is 0.333. The number of nitrogens with two attached hydrogens (primary N) is 1. The summed E-state index contributed by atoms with van der Waals surface area (Å²) in [6.45, 7) is 2.00. The molecule has 0 aliphatic carbocycles. The Bertz CT molecular complexity index is 660. The molecular weight excluding hydrogens is 305 g/mol. The first-order chi connectivity index (χ1) is 10.5. The molecule has 1 atom stereocenters. The Labute approximate surface area is 132 Å². The van der Waals surface area contributed by atoms with Crippen LogP contribution in [-0.4, -0.2) is 30.6 Å².